The van der Waals surface area contributed by atoms with E-state index in [4.69, 9.17) is 45.3 Å². The maximum absolute atomic E-state index is 13.7. The van der Waals surface area contributed by atoms with Gasteiger partial charge in [0.15, 0.2) is 0 Å². The number of carboxylic acids is 1. The second kappa shape index (κ2) is 11.9. The Morgan fingerprint density at radius 3 is 2.31 bits per heavy atom. The number of carbonyl (C=O) groups excluding carboxylic acids is 1. The number of nitrogens with one attached hydrogen (secondary N) is 2. The van der Waals surface area contributed by atoms with E-state index in [1.165, 1.54) is 30.6 Å². The number of carboxylic acid groups (broad SMARTS) is 1. The maximum Gasteiger partial charge on any atom is 0.354 e. The number of nitrogens with zero attached hydrogens (tertiary/aromatic N) is 3. The third-order valence-electron chi connectivity index (χ3n) is 4.58. The van der Waals surface area contributed by atoms with E-state index in [1.807, 2.05) is 0 Å². The number of anilines is 1. The van der Waals surface area contributed by atoms with Gasteiger partial charge in [0.05, 0.1) is 29.0 Å². The van der Waals surface area contributed by atoms with Crippen LogP contribution in [0, 0.1) is 0 Å². The van der Waals surface area contributed by atoms with Crippen molar-refractivity contribution in [3.8, 4) is 0 Å². The molecule has 4 heterocycles. The molecule has 1 unspecified atom stereocenters. The summed E-state index contributed by atoms with van der Waals surface area (Å²) in [5, 5.41) is 14.8. The van der Waals surface area contributed by atoms with Crippen molar-refractivity contribution in [2.24, 2.45) is 0 Å². The topological polar surface area (TPSA) is 126 Å². The monoisotopic (exact) mass is 537 g/mol. The molecule has 0 bridgehead atoms. The number of rotatable bonds is 5. The van der Waals surface area contributed by atoms with Gasteiger partial charge in [-0.15, -0.1) is 0 Å². The van der Waals surface area contributed by atoms with Crippen LogP contribution in [-0.4, -0.2) is 56.8 Å². The first kappa shape index (κ1) is 26.4. The number of halogens is 3. The Labute approximate surface area is 214 Å². The van der Waals surface area contributed by atoms with Gasteiger partial charge in [0.2, 0.25) is 0 Å². The lowest BCUT2D eigenvalue weighted by Gasteiger charge is -2.36. The minimum atomic E-state index is -1.16. The van der Waals surface area contributed by atoms with Crippen LogP contribution >= 0.6 is 35.4 Å². The molecule has 1 aliphatic heterocycles. The van der Waals surface area contributed by atoms with Gasteiger partial charge in [-0.2, -0.15) is 0 Å². The van der Waals surface area contributed by atoms with Gasteiger partial charge in [0.25, 0.3) is 5.91 Å². The fourth-order valence-corrected chi connectivity index (χ4v) is 3.40. The molecule has 1 saturated heterocycles. The second-order valence-electron chi connectivity index (χ2n) is 7.15. The predicted octanol–water partition coefficient (Wildman–Crippen LogP) is 3.93. The Balaban J connectivity index is 0.000000287. The molecule has 0 spiro atoms. The highest BCUT2D eigenvalue weighted by molar-refractivity contribution is 7.80. The van der Waals surface area contributed by atoms with Crippen LogP contribution in [0.15, 0.2) is 54.9 Å². The minimum absolute atomic E-state index is 0.00407. The van der Waals surface area contributed by atoms with Gasteiger partial charge in [-0.3, -0.25) is 4.79 Å². The molecule has 0 aliphatic carbocycles. The number of carbonyl (C=O) groups is 2. The summed E-state index contributed by atoms with van der Waals surface area (Å²) in [6.45, 7) is -0.418. The number of morpholine rings is 1. The molecule has 3 N–H and O–H groups in total. The summed E-state index contributed by atoms with van der Waals surface area (Å²) in [6, 6.07) is 10.8. The molecule has 35 heavy (non-hydrogen) atoms. The Bertz CT molecular complexity index is 1220. The minimum Gasteiger partial charge on any atom is -0.477 e. The molecule has 1 atom stereocenters. The molecule has 1 aliphatic rings. The van der Waals surface area contributed by atoms with Gasteiger partial charge < -0.3 is 20.5 Å². The lowest BCUT2D eigenvalue weighted by molar-refractivity contribution is 0.0610. The standard InChI is InChI=1S/C16H14ClFN4O2S.C6H4ClNO2/c17-10-4-5-11(19-6-10)15(23)21-13-3-1-2-12(20-13)16(8-18)9-24-7-14(25)22-16;7-4-1-2-5(6(9)10)8-3-4/h1-6H,7-9H2,(H,22,25)(H,20,21,23);1-3H,(H,9,10). The molecule has 1 amide bonds. The molecular weight excluding hydrogens is 520 g/mol. The van der Waals surface area contributed by atoms with E-state index in [-0.39, 0.29) is 30.4 Å². The second-order valence-corrected chi connectivity index (χ2v) is 8.51. The summed E-state index contributed by atoms with van der Waals surface area (Å²) in [5.74, 6) is -1.22. The highest BCUT2D eigenvalue weighted by atomic mass is 35.5. The zero-order valence-corrected chi connectivity index (χ0v) is 20.2. The highest BCUT2D eigenvalue weighted by Crippen LogP contribution is 2.25. The van der Waals surface area contributed by atoms with E-state index < -0.39 is 24.1 Å². The van der Waals surface area contributed by atoms with Gasteiger partial charge in [-0.25, -0.2) is 24.1 Å². The van der Waals surface area contributed by atoms with Crippen LogP contribution in [-0.2, 0) is 10.3 Å². The number of hydrogen-bond donors (Lipinski definition) is 3. The molecule has 3 aromatic heterocycles. The van der Waals surface area contributed by atoms with Crippen molar-refractivity contribution in [2.75, 3.05) is 25.2 Å². The highest BCUT2D eigenvalue weighted by Gasteiger charge is 2.38. The Morgan fingerprint density at radius 2 is 1.77 bits per heavy atom. The van der Waals surface area contributed by atoms with Crippen molar-refractivity contribution < 1.29 is 23.8 Å². The van der Waals surface area contributed by atoms with Crippen molar-refractivity contribution in [3.63, 3.8) is 0 Å². The van der Waals surface area contributed by atoms with Crippen LogP contribution in [0.4, 0.5) is 10.2 Å². The molecule has 13 heteroatoms. The first-order valence-corrected chi connectivity index (χ1v) is 11.1. The van der Waals surface area contributed by atoms with Crippen LogP contribution in [0.25, 0.3) is 0 Å². The van der Waals surface area contributed by atoms with Gasteiger partial charge in [0, 0.05) is 12.4 Å². The zero-order valence-electron chi connectivity index (χ0n) is 17.9. The number of ether oxygens (including phenoxy) is 1. The summed E-state index contributed by atoms with van der Waals surface area (Å²) >= 11 is 16.3. The average molecular weight is 538 g/mol. The number of alkyl halides is 1. The van der Waals surface area contributed by atoms with Crippen molar-refractivity contribution in [3.05, 3.63) is 82.0 Å². The van der Waals surface area contributed by atoms with Crippen molar-refractivity contribution in [1.29, 1.82) is 0 Å². The number of amides is 1. The smallest absolute Gasteiger partial charge is 0.354 e. The number of aromatic nitrogens is 3. The third kappa shape index (κ3) is 7.12. The first-order chi connectivity index (χ1) is 16.7. The molecule has 9 nitrogen and oxygen atoms in total. The molecule has 0 aromatic carbocycles. The number of pyridine rings is 3. The predicted molar refractivity (Wildman–Crippen MR) is 132 cm³/mol. The van der Waals surface area contributed by atoms with Gasteiger partial charge in [-0.05, 0) is 36.4 Å². The van der Waals surface area contributed by atoms with E-state index in [9.17, 15) is 14.0 Å². The van der Waals surface area contributed by atoms with E-state index in [0.717, 1.165) is 0 Å². The van der Waals surface area contributed by atoms with Crippen LogP contribution in [0.5, 0.6) is 0 Å². The summed E-state index contributed by atoms with van der Waals surface area (Å²) in [7, 11) is 0. The molecule has 182 valence electrons. The number of thiocarbonyl (C=S) groups is 1. The molecule has 3 aromatic rings. The molecule has 0 saturated carbocycles. The SMILES string of the molecule is O=C(Nc1cccc(C2(CF)COCC(=S)N2)n1)c1ccc(Cl)cn1.O=C(O)c1ccc(Cl)cn1. The fourth-order valence-electron chi connectivity index (χ4n) is 2.90. The van der Waals surface area contributed by atoms with E-state index in [1.54, 1.807) is 24.3 Å². The van der Waals surface area contributed by atoms with Crippen LogP contribution in [0.1, 0.15) is 26.7 Å². The Hall–Kier alpha value is -3.25. The molecule has 4 rings (SSSR count). The van der Waals surface area contributed by atoms with Crippen molar-refractivity contribution in [1.82, 2.24) is 20.3 Å². The van der Waals surface area contributed by atoms with E-state index in [0.29, 0.717) is 20.7 Å². The van der Waals surface area contributed by atoms with Crippen LogP contribution < -0.4 is 10.6 Å². The zero-order chi connectivity index (χ0) is 25.4. The molecular formula is C22H18Cl2FN5O4S. The van der Waals surface area contributed by atoms with E-state index in [2.05, 4.69) is 25.6 Å². The summed E-state index contributed by atoms with van der Waals surface area (Å²) in [4.78, 5) is 34.7. The Kier molecular flexibility index (Phi) is 8.99. The maximum atomic E-state index is 13.7. The summed E-state index contributed by atoms with van der Waals surface area (Å²) in [5.41, 5.74) is -0.574. The number of aromatic carboxylic acids is 1. The van der Waals surface area contributed by atoms with Crippen LogP contribution in [0.2, 0.25) is 10.0 Å². The third-order valence-corrected chi connectivity index (χ3v) is 5.24. The van der Waals surface area contributed by atoms with Crippen LogP contribution in [0.3, 0.4) is 0 Å². The summed E-state index contributed by atoms with van der Waals surface area (Å²) in [6.07, 6.45) is 2.67. The lowest BCUT2D eigenvalue weighted by atomic mass is 9.96. The lowest BCUT2D eigenvalue weighted by Crippen LogP contribution is -2.56. The first-order valence-electron chi connectivity index (χ1n) is 9.92. The quantitative estimate of drug-likeness (QED) is 0.415. The fraction of sp³-hybridized carbons (Fsp3) is 0.182. The molecule has 0 radical (unpaired) electrons. The van der Waals surface area contributed by atoms with Gasteiger partial charge in [0.1, 0.15) is 34.4 Å². The van der Waals surface area contributed by atoms with Gasteiger partial charge >= 0.3 is 5.97 Å². The van der Waals surface area contributed by atoms with Crippen molar-refractivity contribution >= 4 is 58.1 Å². The summed E-state index contributed by atoms with van der Waals surface area (Å²) < 4.78 is 19.1. The van der Waals surface area contributed by atoms with E-state index >= 15 is 0 Å². The normalized spacial score (nSPS) is 16.9. The number of hydrogen-bond acceptors (Lipinski definition) is 7. The molecule has 1 fully saturated rings. The average Bonchev–Trinajstić information content (AvgIpc) is 2.85. The Morgan fingerprint density at radius 1 is 1.11 bits per heavy atom. The van der Waals surface area contributed by atoms with Gasteiger partial charge in [-0.1, -0.05) is 41.5 Å². The largest absolute Gasteiger partial charge is 0.477 e. The van der Waals surface area contributed by atoms with Crippen molar-refractivity contribution in [2.45, 2.75) is 5.54 Å².